The summed E-state index contributed by atoms with van der Waals surface area (Å²) < 4.78 is 11.4. The van der Waals surface area contributed by atoms with Crippen molar-refractivity contribution in [3.8, 4) is 11.5 Å². The van der Waals surface area contributed by atoms with Crippen molar-refractivity contribution in [3.63, 3.8) is 0 Å². The number of halogens is 1. The zero-order valence-electron chi connectivity index (χ0n) is 14.5. The number of hydrogen-bond acceptors (Lipinski definition) is 6. The molecular formula is C19H15BrN2O5. The first-order chi connectivity index (χ1) is 13.0. The summed E-state index contributed by atoms with van der Waals surface area (Å²) in [5.41, 5.74) is 1.44. The largest absolute Gasteiger partial charge is 0.497 e. The van der Waals surface area contributed by atoms with Crippen molar-refractivity contribution >= 4 is 39.1 Å². The zero-order valence-corrected chi connectivity index (χ0v) is 16.1. The molecule has 2 aliphatic heterocycles. The lowest BCUT2D eigenvalue weighted by Gasteiger charge is -2.16. The molecule has 0 spiro atoms. The highest BCUT2D eigenvalue weighted by molar-refractivity contribution is 9.10. The molecular weight excluding hydrogens is 416 g/mol. The molecule has 2 atom stereocenters. The van der Waals surface area contributed by atoms with E-state index in [9.17, 15) is 9.59 Å². The summed E-state index contributed by atoms with van der Waals surface area (Å²) in [5, 5.41) is 4.02. The smallest absolute Gasteiger partial charge is 0.278 e. The van der Waals surface area contributed by atoms with Gasteiger partial charge < -0.3 is 14.3 Å². The molecule has 1 saturated heterocycles. The SMILES string of the molecule is COc1ccc(C2=NO[C@H]3C(=O)N(c4cccc(Br)c4)C(=O)[C@H]23)c(OC)c1. The van der Waals surface area contributed by atoms with E-state index in [0.29, 0.717) is 28.5 Å². The summed E-state index contributed by atoms with van der Waals surface area (Å²) in [6.45, 7) is 0. The van der Waals surface area contributed by atoms with E-state index in [4.69, 9.17) is 14.3 Å². The third kappa shape index (κ3) is 2.76. The van der Waals surface area contributed by atoms with Gasteiger partial charge in [-0.25, -0.2) is 4.90 Å². The minimum Gasteiger partial charge on any atom is -0.497 e. The Hall–Kier alpha value is -2.87. The number of oxime groups is 1. The second kappa shape index (κ2) is 6.70. The van der Waals surface area contributed by atoms with Crippen LogP contribution in [0.3, 0.4) is 0 Å². The zero-order chi connectivity index (χ0) is 19.1. The molecule has 0 bridgehead atoms. The molecule has 27 heavy (non-hydrogen) atoms. The Morgan fingerprint density at radius 3 is 2.59 bits per heavy atom. The maximum Gasteiger partial charge on any atom is 0.278 e. The van der Waals surface area contributed by atoms with E-state index in [0.717, 1.165) is 9.37 Å². The minimum absolute atomic E-state index is 0.371. The lowest BCUT2D eigenvalue weighted by Crippen LogP contribution is -2.33. The maximum absolute atomic E-state index is 13.1. The van der Waals surface area contributed by atoms with Crippen LogP contribution in [0.15, 0.2) is 52.1 Å². The second-order valence-electron chi connectivity index (χ2n) is 6.04. The Balaban J connectivity index is 1.72. The van der Waals surface area contributed by atoms with Gasteiger partial charge in [0.05, 0.1) is 19.9 Å². The van der Waals surface area contributed by atoms with Crippen LogP contribution in [0.1, 0.15) is 5.56 Å². The number of fused-ring (bicyclic) bond motifs is 1. The lowest BCUT2D eigenvalue weighted by molar-refractivity contribution is -0.126. The number of benzene rings is 2. The molecule has 2 amide bonds. The topological polar surface area (TPSA) is 77.4 Å². The predicted octanol–water partition coefficient (Wildman–Crippen LogP) is 2.76. The van der Waals surface area contributed by atoms with Gasteiger partial charge in [0.15, 0.2) is 0 Å². The number of ether oxygens (including phenoxy) is 2. The molecule has 1 fully saturated rings. The van der Waals surface area contributed by atoms with E-state index in [1.165, 1.54) is 7.11 Å². The molecule has 2 aromatic rings. The molecule has 0 unspecified atom stereocenters. The van der Waals surface area contributed by atoms with E-state index in [1.807, 2.05) is 6.07 Å². The van der Waals surface area contributed by atoms with Gasteiger partial charge >= 0.3 is 0 Å². The van der Waals surface area contributed by atoms with Gasteiger partial charge in [0, 0.05) is 16.1 Å². The first-order valence-corrected chi connectivity index (χ1v) is 8.94. The average molecular weight is 431 g/mol. The number of rotatable bonds is 4. The summed E-state index contributed by atoms with van der Waals surface area (Å²) in [4.78, 5) is 32.3. The van der Waals surface area contributed by atoms with Crippen LogP contribution in [0, 0.1) is 5.92 Å². The van der Waals surface area contributed by atoms with E-state index < -0.39 is 17.9 Å². The van der Waals surface area contributed by atoms with Crippen molar-refractivity contribution in [2.24, 2.45) is 11.1 Å². The predicted molar refractivity (Wildman–Crippen MR) is 101 cm³/mol. The summed E-state index contributed by atoms with van der Waals surface area (Å²) in [7, 11) is 3.07. The number of carbonyl (C=O) groups excluding carboxylic acids is 2. The highest BCUT2D eigenvalue weighted by Crippen LogP contribution is 2.38. The summed E-state index contributed by atoms with van der Waals surface area (Å²) in [6.07, 6.45) is -0.974. The van der Waals surface area contributed by atoms with Gasteiger partial charge in [-0.1, -0.05) is 27.2 Å². The van der Waals surface area contributed by atoms with Crippen LogP contribution in [0.25, 0.3) is 0 Å². The van der Waals surface area contributed by atoms with E-state index >= 15 is 0 Å². The first-order valence-electron chi connectivity index (χ1n) is 8.14. The molecule has 138 valence electrons. The number of amides is 2. The highest BCUT2D eigenvalue weighted by atomic mass is 79.9. The van der Waals surface area contributed by atoms with Crippen LogP contribution in [0.2, 0.25) is 0 Å². The van der Waals surface area contributed by atoms with Crippen molar-refractivity contribution in [2.75, 3.05) is 19.1 Å². The third-order valence-electron chi connectivity index (χ3n) is 4.56. The van der Waals surface area contributed by atoms with Gasteiger partial charge in [-0.05, 0) is 30.3 Å². The highest BCUT2D eigenvalue weighted by Gasteiger charge is 2.56. The number of hydrogen-bond donors (Lipinski definition) is 0. The molecule has 4 rings (SSSR count). The van der Waals surface area contributed by atoms with Gasteiger partial charge in [0.2, 0.25) is 12.0 Å². The molecule has 0 saturated carbocycles. The van der Waals surface area contributed by atoms with Crippen LogP contribution in [0.4, 0.5) is 5.69 Å². The van der Waals surface area contributed by atoms with E-state index in [-0.39, 0.29) is 5.91 Å². The molecule has 2 aromatic carbocycles. The number of imide groups is 1. The quantitative estimate of drug-likeness (QED) is 0.696. The summed E-state index contributed by atoms with van der Waals surface area (Å²) in [6, 6.07) is 12.2. The maximum atomic E-state index is 13.1. The molecule has 0 N–H and O–H groups in total. The van der Waals surface area contributed by atoms with Crippen molar-refractivity contribution in [3.05, 3.63) is 52.5 Å². The van der Waals surface area contributed by atoms with Crippen LogP contribution in [-0.4, -0.2) is 37.8 Å². The Morgan fingerprint density at radius 2 is 1.89 bits per heavy atom. The summed E-state index contributed by atoms with van der Waals surface area (Å²) in [5.74, 6) is -0.542. The molecule has 0 aromatic heterocycles. The fourth-order valence-electron chi connectivity index (χ4n) is 3.28. The number of carbonyl (C=O) groups is 2. The third-order valence-corrected chi connectivity index (χ3v) is 5.06. The number of nitrogens with zero attached hydrogens (tertiary/aromatic N) is 2. The van der Waals surface area contributed by atoms with Crippen LogP contribution < -0.4 is 14.4 Å². The molecule has 8 heteroatoms. The summed E-state index contributed by atoms with van der Waals surface area (Å²) >= 11 is 3.36. The monoisotopic (exact) mass is 430 g/mol. The molecule has 2 aliphatic rings. The van der Waals surface area contributed by atoms with Crippen molar-refractivity contribution in [2.45, 2.75) is 6.10 Å². The lowest BCUT2D eigenvalue weighted by atomic mass is 9.93. The van der Waals surface area contributed by atoms with Gasteiger partial charge in [-0.2, -0.15) is 0 Å². The number of methoxy groups -OCH3 is 2. The van der Waals surface area contributed by atoms with Gasteiger partial charge in [0.25, 0.3) is 5.91 Å². The van der Waals surface area contributed by atoms with E-state index in [1.54, 1.807) is 43.5 Å². The number of anilines is 1. The Labute approximate surface area is 163 Å². The Morgan fingerprint density at radius 1 is 1.07 bits per heavy atom. The average Bonchev–Trinajstić information content (AvgIpc) is 3.21. The fraction of sp³-hybridized carbons (Fsp3) is 0.211. The Bertz CT molecular complexity index is 974. The minimum atomic E-state index is -0.974. The van der Waals surface area contributed by atoms with E-state index in [2.05, 4.69) is 21.1 Å². The first kappa shape index (κ1) is 17.5. The van der Waals surface area contributed by atoms with Crippen LogP contribution in [-0.2, 0) is 14.4 Å². The normalized spacial score (nSPS) is 21.0. The standard InChI is InChI=1S/C19H15BrN2O5/c1-25-12-6-7-13(14(9-12)26-2)16-15-17(27-21-16)19(24)22(18(15)23)11-5-3-4-10(20)8-11/h3-9,15,17H,1-2H3/t15-,17-/m1/s1. The molecule has 7 nitrogen and oxygen atoms in total. The molecule has 0 radical (unpaired) electrons. The van der Waals surface area contributed by atoms with Crippen molar-refractivity contribution in [1.29, 1.82) is 0 Å². The van der Waals surface area contributed by atoms with Crippen molar-refractivity contribution in [1.82, 2.24) is 0 Å². The van der Waals surface area contributed by atoms with Crippen LogP contribution in [0.5, 0.6) is 11.5 Å². The van der Waals surface area contributed by atoms with Crippen molar-refractivity contribution < 1.29 is 23.9 Å². The van der Waals surface area contributed by atoms with Gasteiger partial charge in [-0.15, -0.1) is 0 Å². The van der Waals surface area contributed by atoms with Crippen LogP contribution >= 0.6 is 15.9 Å². The second-order valence-corrected chi connectivity index (χ2v) is 6.95. The van der Waals surface area contributed by atoms with Gasteiger partial charge in [-0.3, -0.25) is 9.59 Å². The fourth-order valence-corrected chi connectivity index (χ4v) is 3.67. The Kier molecular flexibility index (Phi) is 4.35. The molecule has 0 aliphatic carbocycles. The van der Waals surface area contributed by atoms with Gasteiger partial charge in [0.1, 0.15) is 23.1 Å². The molecule has 2 heterocycles.